The summed E-state index contributed by atoms with van der Waals surface area (Å²) in [5, 5.41) is -0.770. The van der Waals surface area contributed by atoms with E-state index in [1.54, 1.807) is 0 Å². The van der Waals surface area contributed by atoms with Crippen molar-refractivity contribution >= 4 is 11.6 Å². The molecule has 2 N–H and O–H groups in total. The van der Waals surface area contributed by atoms with Crippen LogP contribution in [0.1, 0.15) is 12.0 Å². The predicted octanol–water partition coefficient (Wildman–Crippen LogP) is 2.85. The summed E-state index contributed by atoms with van der Waals surface area (Å²) < 4.78 is 52.8. The molecule has 2 rings (SSSR count). The highest BCUT2D eigenvalue weighted by molar-refractivity contribution is 6.31. The first-order chi connectivity index (χ1) is 7.35. The lowest BCUT2D eigenvalue weighted by Crippen LogP contribution is -2.28. The van der Waals surface area contributed by atoms with Gasteiger partial charge in [-0.3, -0.25) is 0 Å². The zero-order valence-corrected chi connectivity index (χ0v) is 8.79. The Bertz CT molecular complexity index is 449. The van der Waals surface area contributed by atoms with Crippen molar-refractivity contribution in [3.8, 4) is 0 Å². The van der Waals surface area contributed by atoms with Gasteiger partial charge in [0.15, 0.2) is 0 Å². The van der Waals surface area contributed by atoms with Crippen molar-refractivity contribution in [2.24, 2.45) is 5.73 Å². The van der Waals surface area contributed by atoms with Crippen LogP contribution in [-0.2, 0) is 5.41 Å². The second-order valence-electron chi connectivity index (χ2n) is 3.89. The van der Waals surface area contributed by atoms with Crippen molar-refractivity contribution in [2.75, 3.05) is 6.54 Å². The van der Waals surface area contributed by atoms with Crippen LogP contribution < -0.4 is 5.73 Å². The molecular formula is C10H8ClF4N. The first-order valence-electron chi connectivity index (χ1n) is 4.57. The fraction of sp³-hybridized carbons (Fsp3) is 0.400. The molecule has 0 aliphatic heterocycles. The van der Waals surface area contributed by atoms with E-state index in [1.807, 2.05) is 0 Å². The van der Waals surface area contributed by atoms with Gasteiger partial charge in [0.2, 0.25) is 0 Å². The molecule has 0 saturated heterocycles. The van der Waals surface area contributed by atoms with Gasteiger partial charge < -0.3 is 5.73 Å². The number of halogens is 5. The SMILES string of the molecule is NCC1(c2ccc(F)c(Cl)c2F)CC1(F)F. The molecule has 16 heavy (non-hydrogen) atoms. The van der Waals surface area contributed by atoms with E-state index in [4.69, 9.17) is 17.3 Å². The molecule has 0 radical (unpaired) electrons. The zero-order valence-electron chi connectivity index (χ0n) is 8.04. The van der Waals surface area contributed by atoms with E-state index in [-0.39, 0.29) is 5.56 Å². The second kappa shape index (κ2) is 3.34. The van der Waals surface area contributed by atoms with Crippen molar-refractivity contribution in [3.63, 3.8) is 0 Å². The average Bonchev–Trinajstić information content (AvgIpc) is 2.79. The van der Waals surface area contributed by atoms with Crippen LogP contribution in [-0.4, -0.2) is 12.5 Å². The van der Waals surface area contributed by atoms with Crippen LogP contribution >= 0.6 is 11.6 Å². The normalized spacial score (nSPS) is 26.9. The summed E-state index contributed by atoms with van der Waals surface area (Å²) in [6, 6.07) is 1.84. The number of rotatable bonds is 2. The predicted molar refractivity (Wildman–Crippen MR) is 51.7 cm³/mol. The molecule has 0 bridgehead atoms. The van der Waals surface area contributed by atoms with E-state index in [1.165, 1.54) is 0 Å². The van der Waals surface area contributed by atoms with Gasteiger partial charge in [-0.15, -0.1) is 0 Å². The van der Waals surface area contributed by atoms with Gasteiger partial charge in [-0.25, -0.2) is 17.6 Å². The smallest absolute Gasteiger partial charge is 0.260 e. The molecule has 1 aromatic carbocycles. The largest absolute Gasteiger partial charge is 0.329 e. The van der Waals surface area contributed by atoms with Gasteiger partial charge in [0.05, 0.1) is 5.41 Å². The Morgan fingerprint density at radius 2 is 1.88 bits per heavy atom. The standard InChI is InChI=1S/C10H8ClF4N/c11-7-6(12)2-1-5(8(7)13)9(4-16)3-10(9,14)15/h1-2H,3-4,16H2. The minimum atomic E-state index is -3.05. The minimum absolute atomic E-state index is 0.314. The Morgan fingerprint density at radius 1 is 1.31 bits per heavy atom. The van der Waals surface area contributed by atoms with Crippen molar-refractivity contribution in [3.05, 3.63) is 34.4 Å². The number of hydrogen-bond donors (Lipinski definition) is 1. The van der Waals surface area contributed by atoms with E-state index < -0.39 is 41.0 Å². The minimum Gasteiger partial charge on any atom is -0.329 e. The maximum Gasteiger partial charge on any atom is 0.260 e. The summed E-state index contributed by atoms with van der Waals surface area (Å²) in [4.78, 5) is 0. The van der Waals surface area contributed by atoms with Gasteiger partial charge >= 0.3 is 0 Å². The molecule has 88 valence electrons. The molecule has 1 unspecified atom stereocenters. The third-order valence-corrected chi connectivity index (χ3v) is 3.34. The van der Waals surface area contributed by atoms with Crippen molar-refractivity contribution in [1.82, 2.24) is 0 Å². The van der Waals surface area contributed by atoms with Gasteiger partial charge in [0.25, 0.3) is 5.92 Å². The molecule has 1 fully saturated rings. The van der Waals surface area contributed by atoms with Crippen molar-refractivity contribution in [1.29, 1.82) is 0 Å². The molecule has 0 spiro atoms. The Labute approximate surface area is 94.2 Å². The summed E-state index contributed by atoms with van der Waals surface area (Å²) in [7, 11) is 0. The molecule has 0 heterocycles. The Hall–Kier alpha value is -0.810. The second-order valence-corrected chi connectivity index (χ2v) is 4.27. The molecule has 1 aromatic rings. The van der Waals surface area contributed by atoms with Crippen LogP contribution in [0, 0.1) is 11.6 Å². The quantitative estimate of drug-likeness (QED) is 0.637. The highest BCUT2D eigenvalue weighted by atomic mass is 35.5. The molecule has 0 aromatic heterocycles. The van der Waals surface area contributed by atoms with Crippen molar-refractivity contribution in [2.45, 2.75) is 17.8 Å². The summed E-state index contributed by atoms with van der Waals surface area (Å²) in [5.74, 6) is -5.17. The highest BCUT2D eigenvalue weighted by Crippen LogP contribution is 2.61. The maximum absolute atomic E-state index is 13.6. The first-order valence-corrected chi connectivity index (χ1v) is 4.95. The lowest BCUT2D eigenvalue weighted by molar-refractivity contribution is 0.0886. The summed E-state index contributed by atoms with van der Waals surface area (Å²) in [5.41, 5.74) is 3.21. The number of alkyl halides is 2. The van der Waals surface area contributed by atoms with Crippen LogP contribution in [0.5, 0.6) is 0 Å². The van der Waals surface area contributed by atoms with Crippen LogP contribution in [0.15, 0.2) is 12.1 Å². The fourth-order valence-corrected chi connectivity index (χ4v) is 2.02. The summed E-state index contributed by atoms with van der Waals surface area (Å²) in [6.45, 7) is -0.404. The van der Waals surface area contributed by atoms with Gasteiger partial charge in [-0.05, 0) is 6.07 Å². The maximum atomic E-state index is 13.6. The molecular weight excluding hydrogens is 246 g/mol. The molecule has 1 saturated carbocycles. The van der Waals surface area contributed by atoms with Gasteiger partial charge in [-0.1, -0.05) is 17.7 Å². The topological polar surface area (TPSA) is 26.0 Å². The molecule has 0 amide bonds. The lowest BCUT2D eigenvalue weighted by Gasteiger charge is -2.16. The molecule has 1 aliphatic rings. The highest BCUT2D eigenvalue weighted by Gasteiger charge is 2.72. The average molecular weight is 254 g/mol. The van der Waals surface area contributed by atoms with Crippen LogP contribution in [0.2, 0.25) is 5.02 Å². The van der Waals surface area contributed by atoms with Gasteiger partial charge in [-0.2, -0.15) is 0 Å². The lowest BCUT2D eigenvalue weighted by atomic mass is 9.94. The van der Waals surface area contributed by atoms with Crippen LogP contribution in [0.25, 0.3) is 0 Å². The van der Waals surface area contributed by atoms with Gasteiger partial charge in [0.1, 0.15) is 16.7 Å². The molecule has 6 heteroatoms. The van der Waals surface area contributed by atoms with E-state index >= 15 is 0 Å². The Kier molecular flexibility index (Phi) is 2.44. The Morgan fingerprint density at radius 3 is 2.31 bits per heavy atom. The van der Waals surface area contributed by atoms with E-state index in [0.717, 1.165) is 12.1 Å². The van der Waals surface area contributed by atoms with E-state index in [9.17, 15) is 17.6 Å². The third-order valence-electron chi connectivity index (χ3n) is 3.00. The van der Waals surface area contributed by atoms with E-state index in [0.29, 0.717) is 0 Å². The molecule has 1 nitrogen and oxygen atoms in total. The number of hydrogen-bond acceptors (Lipinski definition) is 1. The van der Waals surface area contributed by atoms with Crippen LogP contribution in [0.3, 0.4) is 0 Å². The molecule has 1 aliphatic carbocycles. The summed E-state index contributed by atoms with van der Waals surface area (Å²) >= 11 is 5.33. The van der Waals surface area contributed by atoms with Gasteiger partial charge in [0, 0.05) is 18.5 Å². The zero-order chi connectivity index (χ0) is 12.1. The Balaban J connectivity index is 2.54. The van der Waals surface area contributed by atoms with Crippen molar-refractivity contribution < 1.29 is 17.6 Å². The first kappa shape index (κ1) is 11.7. The third kappa shape index (κ3) is 1.34. The number of nitrogens with two attached hydrogens (primary N) is 1. The summed E-state index contributed by atoms with van der Waals surface area (Å²) in [6.07, 6.45) is -0.532. The van der Waals surface area contributed by atoms with E-state index in [2.05, 4.69) is 0 Å². The van der Waals surface area contributed by atoms with Crippen LogP contribution in [0.4, 0.5) is 17.6 Å². The molecule has 1 atom stereocenters. The fourth-order valence-electron chi connectivity index (χ4n) is 1.85. The monoisotopic (exact) mass is 253 g/mol. The number of benzene rings is 1.